The van der Waals surface area contributed by atoms with Crippen molar-refractivity contribution in [2.75, 3.05) is 25.0 Å². The van der Waals surface area contributed by atoms with E-state index in [2.05, 4.69) is 5.32 Å². The number of hydrogen-bond donors (Lipinski definition) is 3. The normalized spacial score (nSPS) is 16.0. The Bertz CT molecular complexity index is 1310. The zero-order valence-corrected chi connectivity index (χ0v) is 21.0. The van der Waals surface area contributed by atoms with Gasteiger partial charge in [0.25, 0.3) is 5.91 Å². The van der Waals surface area contributed by atoms with Gasteiger partial charge in [0.2, 0.25) is 0 Å². The van der Waals surface area contributed by atoms with E-state index in [0.29, 0.717) is 18.2 Å². The van der Waals surface area contributed by atoms with Crippen LogP contribution >= 0.6 is 0 Å². The SMILES string of the molecule is CC(C)(C)OC(=O)Nc1ccc(-c2cc(C(F)(F)F)ccc2F)cc1C(=O)N1CCN(C(=O)O)C[C@@H]1C(=O)O. The summed E-state index contributed by atoms with van der Waals surface area (Å²) in [4.78, 5) is 50.9. The van der Waals surface area contributed by atoms with E-state index < -0.39 is 65.4 Å². The number of amides is 3. The molecule has 1 fully saturated rings. The summed E-state index contributed by atoms with van der Waals surface area (Å²) < 4.78 is 59.6. The summed E-state index contributed by atoms with van der Waals surface area (Å²) in [5.41, 5.74) is -3.28. The molecule has 3 amide bonds. The molecule has 0 spiro atoms. The number of carboxylic acid groups (broad SMARTS) is 2. The van der Waals surface area contributed by atoms with E-state index in [1.54, 1.807) is 20.8 Å². The van der Waals surface area contributed by atoms with Gasteiger partial charge in [0.1, 0.15) is 17.5 Å². The van der Waals surface area contributed by atoms with E-state index in [9.17, 15) is 47.0 Å². The molecule has 0 unspecified atom stereocenters. The van der Waals surface area contributed by atoms with Crippen LogP contribution in [0.4, 0.5) is 32.8 Å². The smallest absolute Gasteiger partial charge is 0.416 e. The Morgan fingerprint density at radius 1 is 1.00 bits per heavy atom. The van der Waals surface area contributed by atoms with Gasteiger partial charge in [0.15, 0.2) is 0 Å². The highest BCUT2D eigenvalue weighted by Gasteiger charge is 2.38. The molecule has 0 bridgehead atoms. The molecule has 1 saturated heterocycles. The van der Waals surface area contributed by atoms with E-state index in [1.165, 1.54) is 6.07 Å². The molecule has 0 aromatic heterocycles. The third-order valence-electron chi connectivity index (χ3n) is 5.69. The van der Waals surface area contributed by atoms with Gasteiger partial charge in [-0.2, -0.15) is 13.2 Å². The maximum absolute atomic E-state index is 14.6. The van der Waals surface area contributed by atoms with Gasteiger partial charge in [0.05, 0.1) is 23.4 Å². The number of aliphatic carboxylic acids is 1. The molecule has 0 radical (unpaired) electrons. The zero-order chi connectivity index (χ0) is 29.3. The van der Waals surface area contributed by atoms with Crippen LogP contribution in [-0.4, -0.2) is 75.4 Å². The number of ether oxygens (including phenoxy) is 1. The van der Waals surface area contributed by atoms with Gasteiger partial charge in [0, 0.05) is 18.7 Å². The number of hydrogen-bond acceptors (Lipinski definition) is 5. The van der Waals surface area contributed by atoms with Crippen molar-refractivity contribution in [1.29, 1.82) is 0 Å². The molecule has 1 heterocycles. The molecule has 3 N–H and O–H groups in total. The lowest BCUT2D eigenvalue weighted by atomic mass is 9.98. The second-order valence-electron chi connectivity index (χ2n) is 9.66. The fourth-order valence-corrected chi connectivity index (χ4v) is 3.90. The molecule has 2 aromatic carbocycles. The van der Waals surface area contributed by atoms with Crippen molar-refractivity contribution in [3.63, 3.8) is 0 Å². The lowest BCUT2D eigenvalue weighted by Crippen LogP contribution is -2.59. The summed E-state index contributed by atoms with van der Waals surface area (Å²) in [7, 11) is 0. The first-order valence-corrected chi connectivity index (χ1v) is 11.5. The van der Waals surface area contributed by atoms with Crippen LogP contribution in [0.1, 0.15) is 36.7 Å². The number of nitrogens with one attached hydrogen (secondary N) is 1. The third-order valence-corrected chi connectivity index (χ3v) is 5.69. The molecule has 1 aliphatic rings. The monoisotopic (exact) mass is 555 g/mol. The van der Waals surface area contributed by atoms with Crippen molar-refractivity contribution in [2.45, 2.75) is 38.6 Å². The van der Waals surface area contributed by atoms with Crippen LogP contribution in [-0.2, 0) is 15.7 Å². The minimum Gasteiger partial charge on any atom is -0.480 e. The lowest BCUT2D eigenvalue weighted by Gasteiger charge is -2.38. The maximum atomic E-state index is 14.6. The van der Waals surface area contributed by atoms with Crippen molar-refractivity contribution in [1.82, 2.24) is 9.80 Å². The first kappa shape index (κ1) is 29.2. The minimum atomic E-state index is -4.78. The number of anilines is 1. The third kappa shape index (κ3) is 6.94. The van der Waals surface area contributed by atoms with Crippen molar-refractivity contribution in [3.05, 3.63) is 53.3 Å². The molecule has 14 heteroatoms. The van der Waals surface area contributed by atoms with E-state index in [1.807, 2.05) is 0 Å². The highest BCUT2D eigenvalue weighted by Crippen LogP contribution is 2.35. The summed E-state index contributed by atoms with van der Waals surface area (Å²) in [6.45, 7) is 3.64. The molecule has 1 aliphatic heterocycles. The van der Waals surface area contributed by atoms with Crippen LogP contribution in [0.2, 0.25) is 0 Å². The number of carbonyl (C=O) groups excluding carboxylic acids is 2. The quantitative estimate of drug-likeness (QED) is 0.464. The Morgan fingerprint density at radius 3 is 2.23 bits per heavy atom. The van der Waals surface area contributed by atoms with Crippen LogP contribution in [0.5, 0.6) is 0 Å². The van der Waals surface area contributed by atoms with E-state index in [-0.39, 0.29) is 29.9 Å². The lowest BCUT2D eigenvalue weighted by molar-refractivity contribution is -0.144. The van der Waals surface area contributed by atoms with E-state index in [4.69, 9.17) is 4.74 Å². The van der Waals surface area contributed by atoms with Crippen LogP contribution in [0.15, 0.2) is 36.4 Å². The first-order chi connectivity index (χ1) is 18.0. The highest BCUT2D eigenvalue weighted by molar-refractivity contribution is 6.05. The van der Waals surface area contributed by atoms with Crippen LogP contribution in [0, 0.1) is 5.82 Å². The number of nitrogens with zero attached hydrogens (tertiary/aromatic N) is 2. The number of rotatable bonds is 4. The zero-order valence-electron chi connectivity index (χ0n) is 21.0. The molecular weight excluding hydrogens is 530 g/mol. The minimum absolute atomic E-state index is 0.160. The number of alkyl halides is 3. The highest BCUT2D eigenvalue weighted by atomic mass is 19.4. The number of piperazine rings is 1. The fraction of sp³-hybridized carbons (Fsp3) is 0.360. The summed E-state index contributed by atoms with van der Waals surface area (Å²) in [5.74, 6) is -3.50. The van der Waals surface area contributed by atoms with Crippen LogP contribution in [0.25, 0.3) is 11.1 Å². The van der Waals surface area contributed by atoms with E-state index >= 15 is 0 Å². The van der Waals surface area contributed by atoms with Crippen molar-refractivity contribution in [2.24, 2.45) is 0 Å². The van der Waals surface area contributed by atoms with Gasteiger partial charge in [-0.1, -0.05) is 6.07 Å². The first-order valence-electron chi connectivity index (χ1n) is 11.5. The Labute approximate surface area is 219 Å². The Hall–Kier alpha value is -4.36. The van der Waals surface area contributed by atoms with Gasteiger partial charge < -0.3 is 24.7 Å². The molecule has 1 atom stereocenters. The van der Waals surface area contributed by atoms with Crippen molar-refractivity contribution in [3.8, 4) is 11.1 Å². The molecular formula is C25H25F4N3O7. The number of carbonyl (C=O) groups is 4. The van der Waals surface area contributed by atoms with Crippen molar-refractivity contribution >= 4 is 29.8 Å². The maximum Gasteiger partial charge on any atom is 0.416 e. The second kappa shape index (κ2) is 10.8. The van der Waals surface area contributed by atoms with Gasteiger partial charge in [-0.25, -0.2) is 18.8 Å². The Balaban J connectivity index is 2.11. The summed E-state index contributed by atoms with van der Waals surface area (Å²) in [6, 6.07) is 3.49. The average Bonchev–Trinajstić information content (AvgIpc) is 2.81. The summed E-state index contributed by atoms with van der Waals surface area (Å²) in [5, 5.41) is 21.3. The number of halogens is 4. The molecule has 3 rings (SSSR count). The fourth-order valence-electron chi connectivity index (χ4n) is 3.90. The predicted octanol–water partition coefficient (Wildman–Crippen LogP) is 4.75. The summed E-state index contributed by atoms with van der Waals surface area (Å²) in [6.07, 6.45) is -7.15. The summed E-state index contributed by atoms with van der Waals surface area (Å²) >= 11 is 0. The standard InChI is InChI=1S/C25H25F4N3O7/c1-24(2,3)39-22(36)30-18-7-4-13(15-11-14(25(27,28)29)5-6-17(15)26)10-16(18)20(33)32-9-8-31(23(37)38)12-19(32)21(34)35/h4-7,10-11,19H,8-9,12H2,1-3H3,(H,30,36)(H,34,35)(H,37,38)/t19-/m1/s1. The topological polar surface area (TPSA) is 136 Å². The largest absolute Gasteiger partial charge is 0.480 e. The predicted molar refractivity (Wildman–Crippen MR) is 129 cm³/mol. The van der Waals surface area contributed by atoms with Gasteiger partial charge in [-0.05, 0) is 56.7 Å². The van der Waals surface area contributed by atoms with Crippen molar-refractivity contribution < 1.29 is 51.7 Å². The number of carboxylic acids is 1. The van der Waals surface area contributed by atoms with Gasteiger partial charge in [-0.15, -0.1) is 0 Å². The molecule has 0 aliphatic carbocycles. The second-order valence-corrected chi connectivity index (χ2v) is 9.66. The van der Waals surface area contributed by atoms with Gasteiger partial charge >= 0.3 is 24.3 Å². The van der Waals surface area contributed by atoms with Gasteiger partial charge in [-0.3, -0.25) is 10.1 Å². The molecule has 39 heavy (non-hydrogen) atoms. The molecule has 210 valence electrons. The Morgan fingerprint density at radius 2 is 1.67 bits per heavy atom. The van der Waals surface area contributed by atoms with Crippen LogP contribution in [0.3, 0.4) is 0 Å². The van der Waals surface area contributed by atoms with E-state index in [0.717, 1.165) is 21.9 Å². The molecule has 0 saturated carbocycles. The molecule has 10 nitrogen and oxygen atoms in total. The average molecular weight is 555 g/mol. The molecule has 2 aromatic rings. The van der Waals surface area contributed by atoms with Crippen LogP contribution < -0.4 is 5.32 Å². The number of benzene rings is 2. The Kier molecular flexibility index (Phi) is 8.08.